The summed E-state index contributed by atoms with van der Waals surface area (Å²) in [7, 11) is 0. The Hall–Kier alpha value is -1.70. The molecule has 1 aromatic heterocycles. The number of β-amino-alcohol motifs (C(OH)–C–C–N with tert-alkyl or cyclic N) is 1. The molecule has 1 saturated heterocycles. The molecule has 2 heterocycles. The smallest absolute Gasteiger partial charge is 0.274 e. The van der Waals surface area contributed by atoms with Gasteiger partial charge in [0.05, 0.1) is 19.3 Å². The van der Waals surface area contributed by atoms with Gasteiger partial charge in [0.2, 0.25) is 5.91 Å². The molecule has 1 aliphatic rings. The van der Waals surface area contributed by atoms with E-state index in [2.05, 4.69) is 10.3 Å². The molecule has 7 heteroatoms. The van der Waals surface area contributed by atoms with Gasteiger partial charge in [0, 0.05) is 6.20 Å². The zero-order chi connectivity index (χ0) is 12.3. The van der Waals surface area contributed by atoms with Gasteiger partial charge in [-0.1, -0.05) is 0 Å². The van der Waals surface area contributed by atoms with Gasteiger partial charge in [-0.25, -0.2) is 0 Å². The summed E-state index contributed by atoms with van der Waals surface area (Å²) in [6, 6.07) is 3.23. The van der Waals surface area contributed by atoms with Crippen LogP contribution in [0.2, 0.25) is 0 Å². The van der Waals surface area contributed by atoms with Crippen LogP contribution in [-0.2, 0) is 9.63 Å². The first-order chi connectivity index (χ1) is 8.15. The van der Waals surface area contributed by atoms with Gasteiger partial charge in [-0.05, 0) is 12.1 Å². The quantitative estimate of drug-likeness (QED) is 0.621. The summed E-state index contributed by atoms with van der Waals surface area (Å²) in [6.07, 6.45) is 1.01. The number of hydroxylamine groups is 2. The van der Waals surface area contributed by atoms with Gasteiger partial charge in [0.15, 0.2) is 0 Å². The lowest BCUT2D eigenvalue weighted by Gasteiger charge is -2.12. The molecule has 0 spiro atoms. The minimum absolute atomic E-state index is 0.0799. The lowest BCUT2D eigenvalue weighted by atomic mass is 10.4. The van der Waals surface area contributed by atoms with Gasteiger partial charge in [-0.15, -0.1) is 0 Å². The summed E-state index contributed by atoms with van der Waals surface area (Å²) in [5.74, 6) is -0.960. The molecular formula is C10H13N3O4. The zero-order valence-electron chi connectivity index (χ0n) is 9.05. The molecule has 1 aliphatic heterocycles. The summed E-state index contributed by atoms with van der Waals surface area (Å²) >= 11 is 0. The van der Waals surface area contributed by atoms with E-state index < -0.39 is 17.9 Å². The zero-order valence-corrected chi connectivity index (χ0v) is 9.05. The molecule has 1 aromatic rings. The minimum atomic E-state index is -0.582. The average molecular weight is 239 g/mol. The molecule has 2 amide bonds. The molecule has 3 N–H and O–H groups in total. The van der Waals surface area contributed by atoms with Crippen molar-refractivity contribution >= 4 is 11.8 Å². The molecule has 92 valence electrons. The average Bonchev–Trinajstić information content (AvgIpc) is 2.89. The fourth-order valence-electron chi connectivity index (χ4n) is 1.51. The molecule has 2 rings (SSSR count). The molecule has 1 fully saturated rings. The van der Waals surface area contributed by atoms with Crippen molar-refractivity contribution in [3.63, 3.8) is 0 Å². The number of rotatable bonds is 3. The normalized spacial score (nSPS) is 20.4. The number of amides is 2. The van der Waals surface area contributed by atoms with Gasteiger partial charge in [0.1, 0.15) is 12.2 Å². The van der Waals surface area contributed by atoms with Crippen LogP contribution in [0.25, 0.3) is 0 Å². The van der Waals surface area contributed by atoms with Crippen molar-refractivity contribution in [1.29, 1.82) is 0 Å². The fourth-order valence-corrected chi connectivity index (χ4v) is 1.51. The van der Waals surface area contributed by atoms with E-state index in [-0.39, 0.29) is 19.7 Å². The van der Waals surface area contributed by atoms with Crippen molar-refractivity contribution in [3.05, 3.63) is 24.0 Å². The highest BCUT2D eigenvalue weighted by Crippen LogP contribution is 2.04. The number of nitrogens with zero attached hydrogens (tertiary/aromatic N) is 1. The van der Waals surface area contributed by atoms with Gasteiger partial charge >= 0.3 is 0 Å². The SMILES string of the molecule is O=C(CN1C[C@@H](O)CO1)NC(=O)c1ccc[nH]1. The van der Waals surface area contributed by atoms with Crippen LogP contribution in [0.1, 0.15) is 10.5 Å². The lowest BCUT2D eigenvalue weighted by Crippen LogP contribution is -2.39. The fraction of sp³-hybridized carbons (Fsp3) is 0.400. The van der Waals surface area contributed by atoms with Crippen LogP contribution in [0.4, 0.5) is 0 Å². The Labute approximate surface area is 97.3 Å². The van der Waals surface area contributed by atoms with Crippen molar-refractivity contribution in [3.8, 4) is 0 Å². The number of aliphatic hydroxyl groups is 1. The number of nitrogens with one attached hydrogen (secondary N) is 2. The summed E-state index contributed by atoms with van der Waals surface area (Å²) in [4.78, 5) is 30.6. The molecule has 0 aliphatic carbocycles. The third kappa shape index (κ3) is 3.13. The van der Waals surface area contributed by atoms with E-state index in [0.717, 1.165) is 0 Å². The Bertz CT molecular complexity index is 404. The highest BCUT2D eigenvalue weighted by Gasteiger charge is 2.24. The van der Waals surface area contributed by atoms with Gasteiger partial charge in [0.25, 0.3) is 5.91 Å². The second-order valence-electron chi connectivity index (χ2n) is 3.73. The highest BCUT2D eigenvalue weighted by molar-refractivity contribution is 6.04. The molecule has 0 unspecified atom stereocenters. The Morgan fingerprint density at radius 2 is 2.47 bits per heavy atom. The Balaban J connectivity index is 1.79. The van der Waals surface area contributed by atoms with Crippen LogP contribution < -0.4 is 5.32 Å². The summed E-state index contributed by atoms with van der Waals surface area (Å²) in [5.41, 5.74) is 0.320. The number of aliphatic hydroxyl groups excluding tert-OH is 1. The molecule has 0 radical (unpaired) electrons. The number of imide groups is 1. The van der Waals surface area contributed by atoms with E-state index in [1.54, 1.807) is 18.3 Å². The number of carbonyl (C=O) groups excluding carboxylic acids is 2. The number of hydrogen-bond donors (Lipinski definition) is 3. The Morgan fingerprint density at radius 1 is 1.65 bits per heavy atom. The summed E-state index contributed by atoms with van der Waals surface area (Å²) in [6.45, 7) is 0.367. The van der Waals surface area contributed by atoms with Crippen LogP contribution in [-0.4, -0.2) is 52.8 Å². The van der Waals surface area contributed by atoms with Crippen LogP contribution in [0.3, 0.4) is 0 Å². The third-order valence-corrected chi connectivity index (χ3v) is 2.28. The van der Waals surface area contributed by atoms with Crippen molar-refractivity contribution in [2.75, 3.05) is 19.7 Å². The largest absolute Gasteiger partial charge is 0.389 e. The number of hydrogen-bond acceptors (Lipinski definition) is 5. The van der Waals surface area contributed by atoms with Crippen LogP contribution in [0.5, 0.6) is 0 Å². The molecule has 7 nitrogen and oxygen atoms in total. The Morgan fingerprint density at radius 3 is 3.06 bits per heavy atom. The first kappa shape index (κ1) is 11.8. The molecule has 17 heavy (non-hydrogen) atoms. The first-order valence-corrected chi connectivity index (χ1v) is 5.18. The van der Waals surface area contributed by atoms with E-state index in [4.69, 9.17) is 4.84 Å². The van der Waals surface area contributed by atoms with Crippen LogP contribution in [0.15, 0.2) is 18.3 Å². The molecule has 1 atom stereocenters. The van der Waals surface area contributed by atoms with E-state index in [9.17, 15) is 14.7 Å². The number of H-pyrrole nitrogens is 1. The van der Waals surface area contributed by atoms with Crippen LogP contribution in [0, 0.1) is 0 Å². The maximum atomic E-state index is 11.5. The Kier molecular flexibility index (Phi) is 3.52. The number of aromatic nitrogens is 1. The second kappa shape index (κ2) is 5.09. The molecular weight excluding hydrogens is 226 g/mol. The minimum Gasteiger partial charge on any atom is -0.389 e. The van der Waals surface area contributed by atoms with Gasteiger partial charge in [-0.3, -0.25) is 19.7 Å². The molecule has 0 bridgehead atoms. The predicted octanol–water partition coefficient (Wildman–Crippen LogP) is -1.12. The van der Waals surface area contributed by atoms with Crippen molar-refractivity contribution < 1.29 is 19.5 Å². The van der Waals surface area contributed by atoms with Gasteiger partial charge < -0.3 is 10.1 Å². The molecule has 0 aromatic carbocycles. The van der Waals surface area contributed by atoms with Crippen molar-refractivity contribution in [2.45, 2.75) is 6.10 Å². The monoisotopic (exact) mass is 239 g/mol. The van der Waals surface area contributed by atoms with Gasteiger partial charge in [-0.2, -0.15) is 5.06 Å². The third-order valence-electron chi connectivity index (χ3n) is 2.28. The lowest BCUT2D eigenvalue weighted by molar-refractivity contribution is -0.141. The summed E-state index contributed by atoms with van der Waals surface area (Å²) < 4.78 is 0. The van der Waals surface area contributed by atoms with E-state index >= 15 is 0 Å². The highest BCUT2D eigenvalue weighted by atomic mass is 16.7. The number of aromatic amines is 1. The van der Waals surface area contributed by atoms with E-state index in [1.807, 2.05) is 0 Å². The standard InChI is InChI=1S/C10H13N3O4/c14-7-4-13(17-6-7)5-9(15)12-10(16)8-2-1-3-11-8/h1-3,7,11,14H,4-6H2,(H,12,15,16)/t7-/m1/s1. The maximum absolute atomic E-state index is 11.5. The second-order valence-corrected chi connectivity index (χ2v) is 3.73. The topological polar surface area (TPSA) is 94.7 Å². The first-order valence-electron chi connectivity index (χ1n) is 5.18. The van der Waals surface area contributed by atoms with E-state index in [0.29, 0.717) is 5.69 Å². The number of carbonyl (C=O) groups is 2. The van der Waals surface area contributed by atoms with Crippen molar-refractivity contribution in [1.82, 2.24) is 15.4 Å². The van der Waals surface area contributed by atoms with E-state index in [1.165, 1.54) is 5.06 Å². The molecule has 0 saturated carbocycles. The van der Waals surface area contributed by atoms with Crippen molar-refractivity contribution in [2.24, 2.45) is 0 Å². The predicted molar refractivity (Wildman–Crippen MR) is 56.8 cm³/mol. The summed E-state index contributed by atoms with van der Waals surface area (Å²) in [5, 5.41) is 12.7. The maximum Gasteiger partial charge on any atom is 0.274 e. The van der Waals surface area contributed by atoms with Crippen LogP contribution >= 0.6 is 0 Å².